The molecule has 0 aliphatic heterocycles. The molecule has 12 heteroatoms. The first-order valence-corrected chi connectivity index (χ1v) is 16.2. The lowest BCUT2D eigenvalue weighted by Crippen LogP contribution is -2.42. The smallest absolute Gasteiger partial charge is 0.407 e. The number of hydrogen-bond acceptors (Lipinski definition) is 9. The van der Waals surface area contributed by atoms with Crippen LogP contribution in [0.3, 0.4) is 0 Å². The standard InChI is InChI=1S/C37H45N3O9/c1-37(2,3)49-35(43)39-19-11-10-16-31(34(42)47-21-24-17-18-25(20-32(24)45-5)46-23-33(41)38-4)40-36(44)48-22-30-28-14-8-6-12-26(28)27-13-7-9-15-29(27)30/h6-9,12-15,17-18,20,30-31H,10-11,16,19,21-23H2,1-5H3,(H,38,41)(H,39,43)(H,40,44)/t31-/m0/s1. The Morgan fingerprint density at radius 3 is 2.16 bits per heavy atom. The molecule has 49 heavy (non-hydrogen) atoms. The van der Waals surface area contributed by atoms with Gasteiger partial charge in [-0.1, -0.05) is 48.5 Å². The zero-order chi connectivity index (χ0) is 35.4. The van der Waals surface area contributed by atoms with Crippen molar-refractivity contribution in [2.24, 2.45) is 0 Å². The van der Waals surface area contributed by atoms with E-state index in [4.69, 9.17) is 23.7 Å². The summed E-state index contributed by atoms with van der Waals surface area (Å²) in [5.41, 5.74) is 4.30. The van der Waals surface area contributed by atoms with Gasteiger partial charge in [0.15, 0.2) is 6.61 Å². The van der Waals surface area contributed by atoms with E-state index in [-0.39, 0.29) is 38.1 Å². The molecule has 12 nitrogen and oxygen atoms in total. The van der Waals surface area contributed by atoms with Gasteiger partial charge in [-0.3, -0.25) is 4.79 Å². The zero-order valence-electron chi connectivity index (χ0n) is 28.6. The molecule has 0 spiro atoms. The van der Waals surface area contributed by atoms with Crippen LogP contribution in [0, 0.1) is 0 Å². The van der Waals surface area contributed by atoms with Crippen LogP contribution in [0.4, 0.5) is 9.59 Å². The number of ether oxygens (including phenoxy) is 5. The minimum atomic E-state index is -1.02. The number of likely N-dealkylation sites (N-methyl/N-ethyl adjacent to an activating group) is 1. The lowest BCUT2D eigenvalue weighted by Gasteiger charge is -2.20. The van der Waals surface area contributed by atoms with Gasteiger partial charge in [-0.05, 0) is 74.4 Å². The quantitative estimate of drug-likeness (QED) is 0.108. The number of hydrogen-bond donors (Lipinski definition) is 3. The average molecular weight is 676 g/mol. The van der Waals surface area contributed by atoms with E-state index in [0.717, 1.165) is 22.3 Å². The van der Waals surface area contributed by atoms with E-state index in [1.165, 1.54) is 14.2 Å². The molecule has 3 N–H and O–H groups in total. The molecule has 1 atom stereocenters. The summed E-state index contributed by atoms with van der Waals surface area (Å²) < 4.78 is 27.5. The van der Waals surface area contributed by atoms with Crippen LogP contribution >= 0.6 is 0 Å². The highest BCUT2D eigenvalue weighted by Gasteiger charge is 2.30. The van der Waals surface area contributed by atoms with Crippen LogP contribution in [-0.2, 0) is 30.4 Å². The molecule has 0 unspecified atom stereocenters. The Morgan fingerprint density at radius 2 is 1.53 bits per heavy atom. The number of unbranched alkanes of at least 4 members (excludes halogenated alkanes) is 1. The second-order valence-electron chi connectivity index (χ2n) is 12.5. The molecule has 0 heterocycles. The van der Waals surface area contributed by atoms with Crippen LogP contribution < -0.4 is 25.4 Å². The van der Waals surface area contributed by atoms with Gasteiger partial charge in [-0.2, -0.15) is 0 Å². The van der Waals surface area contributed by atoms with Crippen LogP contribution in [0.2, 0.25) is 0 Å². The average Bonchev–Trinajstić information content (AvgIpc) is 3.40. The minimum absolute atomic E-state index is 0.0902. The van der Waals surface area contributed by atoms with E-state index in [9.17, 15) is 19.2 Å². The summed E-state index contributed by atoms with van der Waals surface area (Å²) in [4.78, 5) is 50.0. The number of esters is 1. The van der Waals surface area contributed by atoms with Crippen molar-refractivity contribution >= 4 is 24.1 Å². The van der Waals surface area contributed by atoms with Crippen molar-refractivity contribution in [3.63, 3.8) is 0 Å². The van der Waals surface area contributed by atoms with Crippen molar-refractivity contribution in [2.45, 2.75) is 64.2 Å². The number of fused-ring (bicyclic) bond motifs is 3. The van der Waals surface area contributed by atoms with Gasteiger partial charge in [-0.25, -0.2) is 14.4 Å². The highest BCUT2D eigenvalue weighted by molar-refractivity contribution is 5.82. The summed E-state index contributed by atoms with van der Waals surface area (Å²) in [6.07, 6.45) is -0.0200. The molecule has 0 aromatic heterocycles. The van der Waals surface area contributed by atoms with Gasteiger partial charge in [0.2, 0.25) is 0 Å². The van der Waals surface area contributed by atoms with E-state index < -0.39 is 29.8 Å². The van der Waals surface area contributed by atoms with E-state index in [1.54, 1.807) is 39.0 Å². The van der Waals surface area contributed by atoms with Gasteiger partial charge in [-0.15, -0.1) is 0 Å². The maximum absolute atomic E-state index is 13.4. The van der Waals surface area contributed by atoms with Gasteiger partial charge in [0, 0.05) is 31.1 Å². The number of methoxy groups -OCH3 is 1. The van der Waals surface area contributed by atoms with Crippen molar-refractivity contribution in [1.29, 1.82) is 0 Å². The van der Waals surface area contributed by atoms with Gasteiger partial charge in [0.05, 0.1) is 7.11 Å². The molecule has 3 aromatic rings. The van der Waals surface area contributed by atoms with Crippen molar-refractivity contribution in [1.82, 2.24) is 16.0 Å². The lowest BCUT2D eigenvalue weighted by atomic mass is 9.98. The first kappa shape index (κ1) is 36.6. The second-order valence-corrected chi connectivity index (χ2v) is 12.5. The van der Waals surface area contributed by atoms with Gasteiger partial charge in [0.1, 0.15) is 36.4 Å². The molecule has 3 amide bonds. The van der Waals surface area contributed by atoms with Gasteiger partial charge >= 0.3 is 18.2 Å². The number of carbonyl (C=O) groups is 4. The van der Waals surface area contributed by atoms with E-state index in [2.05, 4.69) is 28.1 Å². The molecule has 1 aliphatic carbocycles. The van der Waals surface area contributed by atoms with Crippen LogP contribution in [0.1, 0.15) is 62.6 Å². The molecule has 0 saturated heterocycles. The monoisotopic (exact) mass is 675 g/mol. The summed E-state index contributed by atoms with van der Waals surface area (Å²) in [7, 11) is 2.98. The SMILES string of the molecule is CNC(=O)COc1ccc(COC(=O)[C@H](CCCCNC(=O)OC(C)(C)C)NC(=O)OCC2c3ccccc3-c3ccccc32)c(OC)c1. The zero-order valence-corrected chi connectivity index (χ0v) is 28.6. The Labute approximate surface area is 286 Å². The summed E-state index contributed by atoms with van der Waals surface area (Å²) in [5.74, 6) is -0.275. The maximum Gasteiger partial charge on any atom is 0.407 e. The molecule has 0 bridgehead atoms. The van der Waals surface area contributed by atoms with Crippen LogP contribution in [0.25, 0.3) is 11.1 Å². The van der Waals surface area contributed by atoms with Gasteiger partial charge in [0.25, 0.3) is 5.91 Å². The van der Waals surface area contributed by atoms with E-state index >= 15 is 0 Å². The third-order valence-electron chi connectivity index (χ3n) is 7.79. The number of nitrogens with one attached hydrogen (secondary N) is 3. The normalized spacial score (nSPS) is 12.5. The molecule has 3 aromatic carbocycles. The van der Waals surface area contributed by atoms with Gasteiger partial charge < -0.3 is 39.6 Å². The Bertz CT molecular complexity index is 1570. The second kappa shape index (κ2) is 17.2. The Hall–Kier alpha value is -5.26. The third kappa shape index (κ3) is 10.6. The summed E-state index contributed by atoms with van der Waals surface area (Å²) >= 11 is 0. The minimum Gasteiger partial charge on any atom is -0.496 e. The number of rotatable bonds is 15. The Morgan fingerprint density at radius 1 is 0.857 bits per heavy atom. The highest BCUT2D eigenvalue weighted by atomic mass is 16.6. The maximum atomic E-state index is 13.4. The molecule has 4 rings (SSSR count). The molecule has 0 radical (unpaired) electrons. The Kier molecular flexibility index (Phi) is 12.9. The molecule has 0 fully saturated rings. The highest BCUT2D eigenvalue weighted by Crippen LogP contribution is 2.44. The number of benzene rings is 3. The molecular weight excluding hydrogens is 630 g/mol. The van der Waals surface area contributed by atoms with Crippen molar-refractivity contribution in [2.75, 3.05) is 33.9 Å². The Balaban J connectivity index is 1.37. The van der Waals surface area contributed by atoms with Crippen LogP contribution in [-0.4, -0.2) is 69.6 Å². The predicted octanol–water partition coefficient (Wildman–Crippen LogP) is 5.47. The van der Waals surface area contributed by atoms with E-state index in [0.29, 0.717) is 36.4 Å². The summed E-state index contributed by atoms with van der Waals surface area (Å²) in [6.45, 7) is 5.46. The predicted molar refractivity (Wildman–Crippen MR) is 182 cm³/mol. The van der Waals surface area contributed by atoms with Crippen molar-refractivity contribution < 1.29 is 42.9 Å². The largest absolute Gasteiger partial charge is 0.496 e. The summed E-state index contributed by atoms with van der Waals surface area (Å²) in [6, 6.07) is 19.9. The van der Waals surface area contributed by atoms with Crippen LogP contribution in [0.15, 0.2) is 66.7 Å². The van der Waals surface area contributed by atoms with E-state index in [1.807, 2.05) is 36.4 Å². The fourth-order valence-corrected chi connectivity index (χ4v) is 5.41. The number of amides is 3. The van der Waals surface area contributed by atoms with Crippen molar-refractivity contribution in [3.8, 4) is 22.6 Å². The first-order valence-electron chi connectivity index (χ1n) is 16.2. The fraction of sp³-hybridized carbons (Fsp3) is 0.405. The number of alkyl carbamates (subject to hydrolysis) is 2. The fourth-order valence-electron chi connectivity index (χ4n) is 5.41. The van der Waals surface area contributed by atoms with Crippen LogP contribution in [0.5, 0.6) is 11.5 Å². The third-order valence-corrected chi connectivity index (χ3v) is 7.79. The molecule has 0 saturated carbocycles. The summed E-state index contributed by atoms with van der Waals surface area (Å²) in [5, 5.41) is 7.87. The molecular formula is C37H45N3O9. The van der Waals surface area contributed by atoms with Crippen molar-refractivity contribution in [3.05, 3.63) is 83.4 Å². The molecule has 1 aliphatic rings. The topological polar surface area (TPSA) is 151 Å². The molecule has 262 valence electrons. The number of carbonyl (C=O) groups excluding carboxylic acids is 4. The lowest BCUT2D eigenvalue weighted by molar-refractivity contribution is -0.147. The first-order chi connectivity index (χ1) is 23.5.